The molecule has 0 radical (unpaired) electrons. The van der Waals surface area contributed by atoms with Gasteiger partial charge in [-0.3, -0.25) is 0 Å². The summed E-state index contributed by atoms with van der Waals surface area (Å²) in [7, 11) is -3.42. The highest BCUT2D eigenvalue weighted by molar-refractivity contribution is 7.88. The lowest BCUT2D eigenvalue weighted by molar-refractivity contribution is -0.0765. The van der Waals surface area contributed by atoms with Gasteiger partial charge >= 0.3 is 0 Å². The van der Waals surface area contributed by atoms with Crippen molar-refractivity contribution in [1.82, 2.24) is 4.31 Å². The minimum Gasteiger partial charge on any atom is -0.387 e. The molecule has 1 aromatic rings. The summed E-state index contributed by atoms with van der Waals surface area (Å²) in [5.74, 6) is -0.258. The first-order valence-corrected chi connectivity index (χ1v) is 7.95. The molecule has 19 heavy (non-hydrogen) atoms. The van der Waals surface area contributed by atoms with Crippen molar-refractivity contribution in [3.05, 3.63) is 35.6 Å². The average molecular weight is 285 g/mol. The molecule has 1 N–H and O–H groups in total. The number of rotatable bonds is 4. The topological polar surface area (TPSA) is 57.6 Å². The van der Waals surface area contributed by atoms with Crippen LogP contribution < -0.4 is 0 Å². The standard InChI is InChI=1S/C13H16FNO3S/c14-12-5-1-10(2-6-12)7-19(17,18)15-8-13(16,9-15)11-3-4-11/h1-2,5-6,11,16H,3-4,7-9H2. The SMILES string of the molecule is O=S(=O)(Cc1ccc(F)cc1)N1CC(O)(C2CC2)C1. The zero-order valence-electron chi connectivity index (χ0n) is 10.4. The second kappa shape index (κ2) is 4.26. The molecule has 104 valence electrons. The van der Waals surface area contributed by atoms with E-state index in [1.165, 1.54) is 28.6 Å². The normalized spacial score (nSPS) is 23.1. The van der Waals surface area contributed by atoms with Crippen molar-refractivity contribution >= 4 is 10.0 Å². The Morgan fingerprint density at radius 1 is 1.26 bits per heavy atom. The first kappa shape index (κ1) is 13.0. The van der Waals surface area contributed by atoms with E-state index in [2.05, 4.69) is 0 Å². The number of halogens is 1. The van der Waals surface area contributed by atoms with E-state index >= 15 is 0 Å². The van der Waals surface area contributed by atoms with Crippen LogP contribution in [0.1, 0.15) is 18.4 Å². The molecular formula is C13H16FNO3S. The van der Waals surface area contributed by atoms with Crippen molar-refractivity contribution in [1.29, 1.82) is 0 Å². The summed E-state index contributed by atoms with van der Waals surface area (Å²) in [6, 6.07) is 5.45. The third kappa shape index (κ3) is 2.52. The van der Waals surface area contributed by atoms with Gasteiger partial charge in [0.05, 0.1) is 11.4 Å². The third-order valence-corrected chi connectivity index (χ3v) is 5.64. The van der Waals surface area contributed by atoms with Crippen LogP contribution in [0.25, 0.3) is 0 Å². The fourth-order valence-electron chi connectivity index (χ4n) is 2.52. The third-order valence-electron chi connectivity index (χ3n) is 3.89. The summed E-state index contributed by atoms with van der Waals surface area (Å²) in [6.07, 6.45) is 1.98. The predicted octanol–water partition coefficient (Wildman–Crippen LogP) is 1.11. The van der Waals surface area contributed by atoms with Gasteiger partial charge < -0.3 is 5.11 Å². The molecule has 6 heteroatoms. The number of benzene rings is 1. The second-order valence-corrected chi connectivity index (χ2v) is 7.50. The second-order valence-electron chi connectivity index (χ2n) is 5.53. The number of β-amino-alcohol motifs (C(OH)–C–C–N with tert-alkyl or cyclic N) is 1. The maximum Gasteiger partial charge on any atom is 0.218 e. The van der Waals surface area contributed by atoms with Crippen molar-refractivity contribution in [2.45, 2.75) is 24.2 Å². The van der Waals surface area contributed by atoms with Gasteiger partial charge in [0.2, 0.25) is 10.0 Å². The van der Waals surface area contributed by atoms with E-state index in [4.69, 9.17) is 0 Å². The number of aliphatic hydroxyl groups is 1. The lowest BCUT2D eigenvalue weighted by atomic mass is 9.91. The molecule has 2 fully saturated rings. The van der Waals surface area contributed by atoms with Crippen LogP contribution in [-0.2, 0) is 15.8 Å². The minimum atomic E-state index is -3.42. The highest BCUT2D eigenvalue weighted by Gasteiger charge is 2.54. The Hall–Kier alpha value is -0.980. The summed E-state index contributed by atoms with van der Waals surface area (Å²) in [4.78, 5) is 0. The molecule has 1 aliphatic carbocycles. The highest BCUT2D eigenvalue weighted by Crippen LogP contribution is 2.45. The van der Waals surface area contributed by atoms with E-state index in [0.29, 0.717) is 5.56 Å². The summed E-state index contributed by atoms with van der Waals surface area (Å²) in [5.41, 5.74) is -0.251. The van der Waals surface area contributed by atoms with Crippen molar-refractivity contribution < 1.29 is 17.9 Å². The van der Waals surface area contributed by atoms with Crippen molar-refractivity contribution in [3.8, 4) is 0 Å². The van der Waals surface area contributed by atoms with Crippen LogP contribution in [0.3, 0.4) is 0 Å². The molecule has 1 aromatic carbocycles. The molecule has 2 aliphatic rings. The molecule has 0 bridgehead atoms. The maximum absolute atomic E-state index is 12.8. The first-order chi connectivity index (χ1) is 8.89. The lowest BCUT2D eigenvalue weighted by Crippen LogP contribution is -2.64. The van der Waals surface area contributed by atoms with Gasteiger partial charge in [-0.05, 0) is 36.5 Å². The van der Waals surface area contributed by atoms with Crippen molar-refractivity contribution in [3.63, 3.8) is 0 Å². The van der Waals surface area contributed by atoms with Crippen LogP contribution in [0.5, 0.6) is 0 Å². The Balaban J connectivity index is 1.65. The number of sulfonamides is 1. The predicted molar refractivity (Wildman–Crippen MR) is 68.3 cm³/mol. The fraction of sp³-hybridized carbons (Fsp3) is 0.538. The highest BCUT2D eigenvalue weighted by atomic mass is 32.2. The fourth-order valence-corrected chi connectivity index (χ4v) is 4.16. The van der Waals surface area contributed by atoms with E-state index in [0.717, 1.165) is 12.8 Å². The van der Waals surface area contributed by atoms with Gasteiger partial charge in [0.15, 0.2) is 0 Å². The van der Waals surface area contributed by atoms with Crippen LogP contribution in [0.4, 0.5) is 4.39 Å². The summed E-state index contributed by atoms with van der Waals surface area (Å²) < 4.78 is 38.3. The van der Waals surface area contributed by atoms with Gasteiger partial charge in [0, 0.05) is 13.1 Å². The minimum absolute atomic E-state index is 0.145. The van der Waals surface area contributed by atoms with Crippen LogP contribution in [0.15, 0.2) is 24.3 Å². The molecule has 0 aromatic heterocycles. The smallest absolute Gasteiger partial charge is 0.218 e. The van der Waals surface area contributed by atoms with E-state index in [-0.39, 0.29) is 30.6 Å². The lowest BCUT2D eigenvalue weighted by Gasteiger charge is -2.45. The van der Waals surface area contributed by atoms with Gasteiger partial charge in [0.1, 0.15) is 5.82 Å². The zero-order valence-corrected chi connectivity index (χ0v) is 11.2. The Kier molecular flexibility index (Phi) is 2.92. The molecule has 0 amide bonds. The molecule has 0 spiro atoms. The zero-order chi connectivity index (χ0) is 13.7. The van der Waals surface area contributed by atoms with E-state index in [1.807, 2.05) is 0 Å². The Morgan fingerprint density at radius 3 is 2.37 bits per heavy atom. The van der Waals surface area contributed by atoms with Crippen molar-refractivity contribution in [2.75, 3.05) is 13.1 Å². The van der Waals surface area contributed by atoms with Gasteiger partial charge in [-0.2, -0.15) is 4.31 Å². The number of hydrogen-bond donors (Lipinski definition) is 1. The van der Waals surface area contributed by atoms with Gasteiger partial charge in [-0.15, -0.1) is 0 Å². The number of hydrogen-bond acceptors (Lipinski definition) is 3. The molecule has 0 atom stereocenters. The Morgan fingerprint density at radius 2 is 1.84 bits per heavy atom. The summed E-state index contributed by atoms with van der Waals surface area (Å²) in [6.45, 7) is 0.391. The molecule has 4 nitrogen and oxygen atoms in total. The molecule has 1 saturated heterocycles. The monoisotopic (exact) mass is 285 g/mol. The molecule has 1 saturated carbocycles. The van der Waals surface area contributed by atoms with Crippen LogP contribution >= 0.6 is 0 Å². The largest absolute Gasteiger partial charge is 0.387 e. The molecule has 1 aliphatic heterocycles. The summed E-state index contributed by atoms with van der Waals surface area (Å²) in [5, 5.41) is 10.1. The van der Waals surface area contributed by atoms with Gasteiger partial charge in [-0.1, -0.05) is 12.1 Å². The number of nitrogens with zero attached hydrogens (tertiary/aromatic N) is 1. The van der Waals surface area contributed by atoms with E-state index in [1.54, 1.807) is 0 Å². The van der Waals surface area contributed by atoms with E-state index < -0.39 is 15.6 Å². The Labute approximate surface area is 111 Å². The first-order valence-electron chi connectivity index (χ1n) is 6.34. The Bertz CT molecular complexity index is 574. The van der Waals surface area contributed by atoms with Gasteiger partial charge in [-0.25, -0.2) is 12.8 Å². The average Bonchev–Trinajstić information content (AvgIpc) is 3.12. The molecule has 1 heterocycles. The van der Waals surface area contributed by atoms with Gasteiger partial charge in [0.25, 0.3) is 0 Å². The van der Waals surface area contributed by atoms with E-state index in [9.17, 15) is 17.9 Å². The quantitative estimate of drug-likeness (QED) is 0.901. The van der Waals surface area contributed by atoms with Crippen LogP contribution in [0.2, 0.25) is 0 Å². The maximum atomic E-state index is 12.8. The molecule has 0 unspecified atom stereocenters. The molecule has 3 rings (SSSR count). The molecular weight excluding hydrogens is 269 g/mol. The summed E-state index contributed by atoms with van der Waals surface area (Å²) >= 11 is 0. The van der Waals surface area contributed by atoms with Crippen LogP contribution in [0, 0.1) is 11.7 Å². The van der Waals surface area contributed by atoms with Crippen LogP contribution in [-0.4, -0.2) is 36.5 Å². The van der Waals surface area contributed by atoms with Crippen molar-refractivity contribution in [2.24, 2.45) is 5.92 Å².